The fourth-order valence-electron chi connectivity index (χ4n) is 2.36. The molecule has 0 aliphatic heterocycles. The molecule has 96 valence electrons. The van der Waals surface area contributed by atoms with E-state index in [-0.39, 0.29) is 5.75 Å². The zero-order valence-corrected chi connectivity index (χ0v) is 11.1. The van der Waals surface area contributed by atoms with Crippen molar-refractivity contribution >= 4 is 10.0 Å². The van der Waals surface area contributed by atoms with Gasteiger partial charge in [-0.1, -0.05) is 19.8 Å². The predicted molar refractivity (Wildman–Crippen MR) is 66.9 cm³/mol. The van der Waals surface area contributed by atoms with E-state index in [0.29, 0.717) is 12.6 Å². The van der Waals surface area contributed by atoms with Crippen LogP contribution < -0.4 is 10.0 Å². The van der Waals surface area contributed by atoms with E-state index >= 15 is 0 Å². The summed E-state index contributed by atoms with van der Waals surface area (Å²) in [4.78, 5) is 0. The molecule has 4 nitrogen and oxygen atoms in total. The third-order valence-electron chi connectivity index (χ3n) is 3.42. The third kappa shape index (κ3) is 4.39. The van der Waals surface area contributed by atoms with Gasteiger partial charge in [0.15, 0.2) is 0 Å². The quantitative estimate of drug-likeness (QED) is 0.663. The monoisotopic (exact) mass is 248 g/mol. The first-order chi connectivity index (χ1) is 7.59. The summed E-state index contributed by atoms with van der Waals surface area (Å²) in [5.74, 6) is 0.941. The Bertz CT molecular complexity index is 290. The smallest absolute Gasteiger partial charge is 0.211 e. The summed E-state index contributed by atoms with van der Waals surface area (Å²) in [5, 5.41) is 3.45. The van der Waals surface area contributed by atoms with Crippen molar-refractivity contribution in [1.82, 2.24) is 10.0 Å². The van der Waals surface area contributed by atoms with Gasteiger partial charge in [-0.25, -0.2) is 13.1 Å². The first-order valence-corrected chi connectivity index (χ1v) is 7.95. The molecule has 0 aromatic heterocycles. The van der Waals surface area contributed by atoms with Gasteiger partial charge in [0.1, 0.15) is 0 Å². The van der Waals surface area contributed by atoms with E-state index in [1.807, 2.05) is 0 Å². The largest absolute Gasteiger partial charge is 0.312 e. The van der Waals surface area contributed by atoms with Gasteiger partial charge in [-0.2, -0.15) is 0 Å². The van der Waals surface area contributed by atoms with Gasteiger partial charge < -0.3 is 5.32 Å². The average molecular weight is 248 g/mol. The zero-order valence-electron chi connectivity index (χ0n) is 10.3. The summed E-state index contributed by atoms with van der Waals surface area (Å²) in [5.41, 5.74) is 0. The number of nitrogens with one attached hydrogen (secondary N) is 2. The van der Waals surface area contributed by atoms with Crippen molar-refractivity contribution in [3.05, 3.63) is 0 Å². The molecule has 0 bridgehead atoms. The standard InChI is InChI=1S/C11H24N2O2S/c1-3-10-6-5-7-11(10)12-8-9-13-16(14,15)4-2/h10-13H,3-9H2,1-2H3. The van der Waals surface area contributed by atoms with Crippen LogP contribution in [0.2, 0.25) is 0 Å². The van der Waals surface area contributed by atoms with E-state index in [4.69, 9.17) is 0 Å². The summed E-state index contributed by atoms with van der Waals surface area (Å²) in [7, 11) is -3.02. The molecule has 1 aliphatic rings. The van der Waals surface area contributed by atoms with Crippen molar-refractivity contribution in [2.45, 2.75) is 45.6 Å². The average Bonchev–Trinajstić information content (AvgIpc) is 2.72. The van der Waals surface area contributed by atoms with Crippen molar-refractivity contribution in [3.63, 3.8) is 0 Å². The van der Waals surface area contributed by atoms with Crippen LogP contribution in [-0.4, -0.2) is 33.3 Å². The van der Waals surface area contributed by atoms with Crippen LogP contribution in [0.15, 0.2) is 0 Å². The Hall–Kier alpha value is -0.130. The molecular formula is C11H24N2O2S. The fraction of sp³-hybridized carbons (Fsp3) is 1.00. The minimum atomic E-state index is -3.02. The molecule has 1 aliphatic carbocycles. The Morgan fingerprint density at radius 3 is 2.56 bits per heavy atom. The molecule has 0 aromatic rings. The van der Waals surface area contributed by atoms with Crippen LogP contribution >= 0.6 is 0 Å². The van der Waals surface area contributed by atoms with E-state index in [2.05, 4.69) is 17.0 Å². The molecule has 2 atom stereocenters. The third-order valence-corrected chi connectivity index (χ3v) is 4.82. The summed E-state index contributed by atoms with van der Waals surface area (Å²) in [6.07, 6.45) is 5.07. The van der Waals surface area contributed by atoms with Gasteiger partial charge in [-0.05, 0) is 25.7 Å². The highest BCUT2D eigenvalue weighted by Gasteiger charge is 2.24. The second-order valence-electron chi connectivity index (χ2n) is 4.46. The first-order valence-electron chi connectivity index (χ1n) is 6.29. The zero-order chi connectivity index (χ0) is 12.0. The normalized spacial score (nSPS) is 26.1. The highest BCUT2D eigenvalue weighted by atomic mass is 32.2. The van der Waals surface area contributed by atoms with E-state index in [1.165, 1.54) is 25.7 Å². The van der Waals surface area contributed by atoms with Crippen LogP contribution in [0.25, 0.3) is 0 Å². The minimum Gasteiger partial charge on any atom is -0.312 e. The summed E-state index contributed by atoms with van der Waals surface area (Å²) < 4.78 is 24.9. The Morgan fingerprint density at radius 1 is 1.19 bits per heavy atom. The van der Waals surface area contributed by atoms with Gasteiger partial charge in [0.25, 0.3) is 0 Å². The lowest BCUT2D eigenvalue weighted by Crippen LogP contribution is -2.39. The molecule has 0 spiro atoms. The fourth-order valence-corrected chi connectivity index (χ4v) is 2.98. The van der Waals surface area contributed by atoms with Gasteiger partial charge in [0.05, 0.1) is 5.75 Å². The van der Waals surface area contributed by atoms with Crippen molar-refractivity contribution < 1.29 is 8.42 Å². The van der Waals surface area contributed by atoms with Gasteiger partial charge in [0.2, 0.25) is 10.0 Å². The Balaban J connectivity index is 2.16. The molecule has 16 heavy (non-hydrogen) atoms. The second-order valence-corrected chi connectivity index (χ2v) is 6.55. The molecule has 1 fully saturated rings. The summed E-state index contributed by atoms with van der Waals surface area (Å²) in [6.45, 7) is 5.12. The van der Waals surface area contributed by atoms with Gasteiger partial charge in [-0.3, -0.25) is 0 Å². The Kier molecular flexibility index (Phi) is 5.72. The van der Waals surface area contributed by atoms with Crippen molar-refractivity contribution in [1.29, 1.82) is 0 Å². The summed E-state index contributed by atoms with van der Waals surface area (Å²) in [6, 6.07) is 0.594. The van der Waals surface area contributed by atoms with Crippen molar-refractivity contribution in [3.8, 4) is 0 Å². The molecule has 2 N–H and O–H groups in total. The van der Waals surface area contributed by atoms with Crippen LogP contribution in [0.4, 0.5) is 0 Å². The van der Waals surface area contributed by atoms with Gasteiger partial charge in [-0.15, -0.1) is 0 Å². The molecule has 5 heteroatoms. The van der Waals surface area contributed by atoms with Crippen LogP contribution in [-0.2, 0) is 10.0 Å². The van der Waals surface area contributed by atoms with Crippen LogP contribution in [0.5, 0.6) is 0 Å². The van der Waals surface area contributed by atoms with Crippen molar-refractivity contribution in [2.24, 2.45) is 5.92 Å². The first kappa shape index (κ1) is 13.9. The number of hydrogen-bond donors (Lipinski definition) is 2. The molecule has 0 radical (unpaired) electrons. The highest BCUT2D eigenvalue weighted by Crippen LogP contribution is 2.27. The molecule has 2 unspecified atom stereocenters. The SMILES string of the molecule is CCC1CCCC1NCCNS(=O)(=O)CC. The topological polar surface area (TPSA) is 58.2 Å². The van der Waals surface area contributed by atoms with Crippen LogP contribution in [0.3, 0.4) is 0 Å². The minimum absolute atomic E-state index is 0.161. The van der Waals surface area contributed by atoms with Gasteiger partial charge >= 0.3 is 0 Å². The highest BCUT2D eigenvalue weighted by molar-refractivity contribution is 7.89. The Morgan fingerprint density at radius 2 is 1.94 bits per heavy atom. The lowest BCUT2D eigenvalue weighted by atomic mass is 10.0. The maximum absolute atomic E-state index is 11.2. The molecule has 0 heterocycles. The lowest BCUT2D eigenvalue weighted by Gasteiger charge is -2.19. The predicted octanol–water partition coefficient (Wildman–Crippen LogP) is 1.09. The molecule has 1 saturated carbocycles. The molecule has 0 saturated heterocycles. The van der Waals surface area contributed by atoms with E-state index < -0.39 is 10.0 Å². The van der Waals surface area contributed by atoms with E-state index in [0.717, 1.165) is 12.5 Å². The van der Waals surface area contributed by atoms with Gasteiger partial charge in [0, 0.05) is 19.1 Å². The molecule has 0 aromatic carbocycles. The summed E-state index contributed by atoms with van der Waals surface area (Å²) >= 11 is 0. The number of hydrogen-bond acceptors (Lipinski definition) is 3. The van der Waals surface area contributed by atoms with E-state index in [1.54, 1.807) is 6.92 Å². The van der Waals surface area contributed by atoms with Crippen molar-refractivity contribution in [2.75, 3.05) is 18.8 Å². The maximum Gasteiger partial charge on any atom is 0.211 e. The van der Waals surface area contributed by atoms with E-state index in [9.17, 15) is 8.42 Å². The number of sulfonamides is 1. The van der Waals surface area contributed by atoms with Crippen LogP contribution in [0, 0.1) is 5.92 Å². The molecular weight excluding hydrogens is 224 g/mol. The Labute approximate surface area is 99.2 Å². The van der Waals surface area contributed by atoms with Crippen LogP contribution in [0.1, 0.15) is 39.5 Å². The molecule has 0 amide bonds. The maximum atomic E-state index is 11.2. The lowest BCUT2D eigenvalue weighted by molar-refractivity contribution is 0.393. The number of rotatable bonds is 7. The molecule has 1 rings (SSSR count). The second kappa shape index (κ2) is 6.57.